The minimum absolute atomic E-state index is 0.0197. The van der Waals surface area contributed by atoms with E-state index in [9.17, 15) is 9.18 Å². The Kier molecular flexibility index (Phi) is 5.44. The molecule has 0 spiro atoms. The fourth-order valence-electron chi connectivity index (χ4n) is 3.67. The first-order chi connectivity index (χ1) is 12.0. The third kappa shape index (κ3) is 4.43. The summed E-state index contributed by atoms with van der Waals surface area (Å²) in [6.45, 7) is 0.739. The van der Waals surface area contributed by atoms with Gasteiger partial charge in [-0.3, -0.25) is 4.79 Å². The van der Waals surface area contributed by atoms with Crippen LogP contribution in [0.1, 0.15) is 29.9 Å². The van der Waals surface area contributed by atoms with Crippen LogP contribution in [0, 0.1) is 11.7 Å². The molecular weight excluding hydrogens is 313 g/mol. The maximum Gasteiger partial charge on any atom is 0.163 e. The molecule has 0 radical (unpaired) electrons. The van der Waals surface area contributed by atoms with Crippen molar-refractivity contribution in [2.24, 2.45) is 5.92 Å². The van der Waals surface area contributed by atoms with E-state index in [2.05, 4.69) is 17.0 Å². The Balaban J connectivity index is 1.93. The fraction of sp³-hybridized carbons (Fsp3) is 0.318. The molecule has 2 unspecified atom stereocenters. The van der Waals surface area contributed by atoms with E-state index in [1.807, 2.05) is 44.4 Å². The van der Waals surface area contributed by atoms with Gasteiger partial charge >= 0.3 is 0 Å². The molecule has 130 valence electrons. The Hall–Kier alpha value is -2.26. The molecule has 0 N–H and O–H groups in total. The van der Waals surface area contributed by atoms with E-state index in [1.54, 1.807) is 6.07 Å². The van der Waals surface area contributed by atoms with Crippen molar-refractivity contribution in [2.75, 3.05) is 20.6 Å². The van der Waals surface area contributed by atoms with Crippen molar-refractivity contribution in [3.63, 3.8) is 0 Å². The number of halogens is 1. The van der Waals surface area contributed by atoms with Gasteiger partial charge in [0.1, 0.15) is 5.82 Å². The van der Waals surface area contributed by atoms with Crippen LogP contribution in [0.25, 0.3) is 6.08 Å². The lowest BCUT2D eigenvalue weighted by molar-refractivity contribution is -0.121. The Morgan fingerprint density at radius 1 is 1.12 bits per heavy atom. The molecule has 2 aromatic rings. The van der Waals surface area contributed by atoms with Gasteiger partial charge in [-0.05, 0) is 67.8 Å². The molecule has 2 nitrogen and oxygen atoms in total. The molecule has 0 aromatic heterocycles. The second-order valence-corrected chi connectivity index (χ2v) is 7.10. The van der Waals surface area contributed by atoms with Crippen LogP contribution >= 0.6 is 0 Å². The molecule has 2 atom stereocenters. The normalized spacial score (nSPS) is 22.6. The molecule has 1 aliphatic carbocycles. The van der Waals surface area contributed by atoms with Crippen LogP contribution in [-0.2, 0) is 4.79 Å². The standard InChI is InChI=1S/C22H24FNO/c1-24(2)15-20-14-18(17-8-4-3-5-9-17)13-19(22(20)25)11-16-7-6-10-21(23)12-16/h3-12,18,20H,13-15H2,1-2H3/b19-11+. The van der Waals surface area contributed by atoms with Gasteiger partial charge in [0.25, 0.3) is 0 Å². The third-order valence-corrected chi connectivity index (χ3v) is 4.77. The first-order valence-corrected chi connectivity index (χ1v) is 8.73. The summed E-state index contributed by atoms with van der Waals surface area (Å²) >= 11 is 0. The van der Waals surface area contributed by atoms with Crippen LogP contribution in [0.5, 0.6) is 0 Å². The number of allylic oxidation sites excluding steroid dienone is 1. The average Bonchev–Trinajstić information content (AvgIpc) is 2.59. The van der Waals surface area contributed by atoms with Crippen molar-refractivity contribution in [2.45, 2.75) is 18.8 Å². The third-order valence-electron chi connectivity index (χ3n) is 4.77. The maximum atomic E-state index is 13.5. The van der Waals surface area contributed by atoms with Crippen molar-refractivity contribution >= 4 is 11.9 Å². The van der Waals surface area contributed by atoms with Gasteiger partial charge < -0.3 is 4.90 Å². The lowest BCUT2D eigenvalue weighted by Crippen LogP contribution is -2.34. The number of nitrogens with zero attached hydrogens (tertiary/aromatic N) is 1. The molecule has 2 aromatic carbocycles. The molecule has 0 bridgehead atoms. The number of ketones is 1. The summed E-state index contributed by atoms with van der Waals surface area (Å²) in [4.78, 5) is 15.0. The van der Waals surface area contributed by atoms with E-state index in [0.29, 0.717) is 12.3 Å². The summed E-state index contributed by atoms with van der Waals surface area (Å²) in [7, 11) is 3.99. The summed E-state index contributed by atoms with van der Waals surface area (Å²) in [5, 5.41) is 0. The van der Waals surface area contributed by atoms with Gasteiger partial charge in [-0.2, -0.15) is 0 Å². The summed E-state index contributed by atoms with van der Waals surface area (Å²) in [5.41, 5.74) is 2.82. The van der Waals surface area contributed by atoms with Gasteiger partial charge in [0, 0.05) is 12.5 Å². The van der Waals surface area contributed by atoms with Gasteiger partial charge in [0.15, 0.2) is 5.78 Å². The predicted molar refractivity (Wildman–Crippen MR) is 99.8 cm³/mol. The van der Waals surface area contributed by atoms with Crippen molar-refractivity contribution in [1.29, 1.82) is 0 Å². The van der Waals surface area contributed by atoms with Crippen molar-refractivity contribution < 1.29 is 9.18 Å². The highest BCUT2D eigenvalue weighted by Gasteiger charge is 2.33. The zero-order valence-corrected chi connectivity index (χ0v) is 14.8. The smallest absolute Gasteiger partial charge is 0.163 e. The van der Waals surface area contributed by atoms with Gasteiger partial charge in [-0.25, -0.2) is 4.39 Å². The first-order valence-electron chi connectivity index (χ1n) is 8.73. The molecule has 0 amide bonds. The molecule has 3 rings (SSSR count). The lowest BCUT2D eigenvalue weighted by Gasteiger charge is -2.32. The van der Waals surface area contributed by atoms with Crippen molar-refractivity contribution in [3.8, 4) is 0 Å². The summed E-state index contributed by atoms with van der Waals surface area (Å²) in [6.07, 6.45) is 3.44. The Bertz CT molecular complexity index is 767. The van der Waals surface area contributed by atoms with Crippen LogP contribution in [-0.4, -0.2) is 31.3 Å². The Morgan fingerprint density at radius 3 is 2.56 bits per heavy atom. The van der Waals surface area contributed by atoms with Crippen molar-refractivity contribution in [1.82, 2.24) is 4.90 Å². The summed E-state index contributed by atoms with van der Waals surface area (Å²) in [5.74, 6) is 0.227. The number of carbonyl (C=O) groups is 1. The van der Waals surface area contributed by atoms with Crippen LogP contribution in [0.4, 0.5) is 4.39 Å². The predicted octanol–water partition coefficient (Wildman–Crippen LogP) is 4.53. The number of hydrogen-bond acceptors (Lipinski definition) is 2. The number of carbonyl (C=O) groups excluding carboxylic acids is 1. The number of Topliss-reactive ketones (excluding diaryl/α,β-unsaturated/α-hetero) is 1. The van der Waals surface area contributed by atoms with E-state index in [1.165, 1.54) is 17.7 Å². The highest BCUT2D eigenvalue weighted by atomic mass is 19.1. The molecule has 3 heteroatoms. The first kappa shape index (κ1) is 17.6. The molecule has 1 aliphatic rings. The minimum atomic E-state index is -0.276. The van der Waals surface area contributed by atoms with E-state index < -0.39 is 0 Å². The van der Waals surface area contributed by atoms with Crippen molar-refractivity contribution in [3.05, 3.63) is 77.1 Å². The van der Waals surface area contributed by atoms with E-state index >= 15 is 0 Å². The van der Waals surface area contributed by atoms with Gasteiger partial charge in [-0.15, -0.1) is 0 Å². The number of rotatable bonds is 4. The number of benzene rings is 2. The molecule has 0 aliphatic heterocycles. The van der Waals surface area contributed by atoms with Crippen LogP contribution < -0.4 is 0 Å². The average molecular weight is 337 g/mol. The molecule has 25 heavy (non-hydrogen) atoms. The SMILES string of the molecule is CN(C)CC1CC(c2ccccc2)C/C(=C\c2cccc(F)c2)C1=O. The highest BCUT2D eigenvalue weighted by molar-refractivity contribution is 6.02. The van der Waals surface area contributed by atoms with Crippen LogP contribution in [0.2, 0.25) is 0 Å². The molecule has 1 saturated carbocycles. The van der Waals surface area contributed by atoms with E-state index in [0.717, 1.165) is 24.1 Å². The summed E-state index contributed by atoms with van der Waals surface area (Å²) < 4.78 is 13.5. The largest absolute Gasteiger partial charge is 0.309 e. The van der Waals surface area contributed by atoms with E-state index in [4.69, 9.17) is 0 Å². The maximum absolute atomic E-state index is 13.5. The molecule has 0 saturated heterocycles. The minimum Gasteiger partial charge on any atom is -0.309 e. The highest BCUT2D eigenvalue weighted by Crippen LogP contribution is 2.38. The quantitative estimate of drug-likeness (QED) is 0.764. The van der Waals surface area contributed by atoms with Gasteiger partial charge in [0.05, 0.1) is 0 Å². The lowest BCUT2D eigenvalue weighted by atomic mass is 9.74. The Morgan fingerprint density at radius 2 is 1.88 bits per heavy atom. The topological polar surface area (TPSA) is 20.3 Å². The second kappa shape index (κ2) is 7.75. The molecular formula is C22H24FNO. The molecule has 1 fully saturated rings. The monoisotopic (exact) mass is 337 g/mol. The second-order valence-electron chi connectivity index (χ2n) is 7.10. The van der Waals surface area contributed by atoms with Gasteiger partial charge in [-0.1, -0.05) is 42.5 Å². The number of hydrogen-bond donors (Lipinski definition) is 0. The molecule has 0 heterocycles. The van der Waals surface area contributed by atoms with Crippen LogP contribution in [0.3, 0.4) is 0 Å². The zero-order chi connectivity index (χ0) is 17.8. The van der Waals surface area contributed by atoms with Crippen LogP contribution in [0.15, 0.2) is 60.2 Å². The summed E-state index contributed by atoms with van der Waals surface area (Å²) in [6, 6.07) is 16.8. The van der Waals surface area contributed by atoms with Gasteiger partial charge in [0.2, 0.25) is 0 Å². The Labute approximate surface area is 149 Å². The van der Waals surface area contributed by atoms with E-state index in [-0.39, 0.29) is 17.5 Å². The zero-order valence-electron chi connectivity index (χ0n) is 14.8. The fourth-order valence-corrected chi connectivity index (χ4v) is 3.67.